The van der Waals surface area contributed by atoms with Gasteiger partial charge in [-0.05, 0) is 47.7 Å². The molecular formula is C23H23BrN6O5. The van der Waals surface area contributed by atoms with Crippen LogP contribution in [-0.2, 0) is 29.0 Å². The van der Waals surface area contributed by atoms with Crippen LogP contribution in [0.15, 0.2) is 49.4 Å². The van der Waals surface area contributed by atoms with Gasteiger partial charge in [0.25, 0.3) is 0 Å². The molecule has 0 saturated carbocycles. The summed E-state index contributed by atoms with van der Waals surface area (Å²) in [7, 11) is 0. The van der Waals surface area contributed by atoms with Crippen LogP contribution in [0, 0.1) is 0 Å². The zero-order valence-corrected chi connectivity index (χ0v) is 20.1. The fourth-order valence-electron chi connectivity index (χ4n) is 4.38. The number of nitrogens with two attached hydrogens (primary N) is 2. The summed E-state index contributed by atoms with van der Waals surface area (Å²) in [6.07, 6.45) is 0.749. The molecule has 0 bridgehead atoms. The minimum absolute atomic E-state index is 0.0593. The van der Waals surface area contributed by atoms with Gasteiger partial charge in [-0.25, -0.2) is 4.99 Å². The van der Waals surface area contributed by atoms with Gasteiger partial charge in [0, 0.05) is 22.6 Å². The van der Waals surface area contributed by atoms with Crippen molar-refractivity contribution in [3.8, 4) is 0 Å². The Kier molecular flexibility index (Phi) is 6.74. The van der Waals surface area contributed by atoms with Gasteiger partial charge in [0.15, 0.2) is 5.96 Å². The minimum Gasteiger partial charge on any atom is -0.481 e. The second-order valence-electron chi connectivity index (χ2n) is 8.34. The summed E-state index contributed by atoms with van der Waals surface area (Å²) in [5.41, 5.74) is 12.7. The van der Waals surface area contributed by atoms with Gasteiger partial charge in [0.05, 0.1) is 24.0 Å². The molecule has 7 N–H and O–H groups in total. The number of nitrogens with zero attached hydrogens (tertiary/aromatic N) is 2. The molecule has 0 radical (unpaired) electrons. The Morgan fingerprint density at radius 3 is 2.71 bits per heavy atom. The number of aromatic nitrogens is 2. The van der Waals surface area contributed by atoms with Gasteiger partial charge in [-0.3, -0.25) is 23.7 Å². The van der Waals surface area contributed by atoms with Gasteiger partial charge in [0.2, 0.25) is 5.91 Å². The third-order valence-corrected chi connectivity index (χ3v) is 6.28. The fraction of sp³-hybridized carbons (Fsp3) is 0.261. The van der Waals surface area contributed by atoms with E-state index in [9.17, 15) is 24.3 Å². The highest BCUT2D eigenvalue weighted by Gasteiger charge is 2.27. The molecule has 0 aliphatic carbocycles. The number of H-pyrrole nitrogens is 1. The summed E-state index contributed by atoms with van der Waals surface area (Å²) in [6.45, 7) is 0.169. The van der Waals surface area contributed by atoms with E-state index in [1.165, 1.54) is 4.57 Å². The number of carboxylic acid groups (broad SMARTS) is 1. The third-order valence-electron chi connectivity index (χ3n) is 5.82. The van der Waals surface area contributed by atoms with Crippen molar-refractivity contribution in [2.45, 2.75) is 38.3 Å². The lowest BCUT2D eigenvalue weighted by molar-refractivity contribution is -0.136. The molecule has 2 aromatic carbocycles. The highest BCUT2D eigenvalue weighted by molar-refractivity contribution is 9.10. The standard InChI is InChI=1S/C23H23BrN6O5/c24-14-6-12-2-3-15(30-20(12)17(8-14)29-21(34)22(30)35)9-18(31)28-16-4-1-11(10-27-23(25)26)5-13(16)7-19(32)33/h1,4-6,8,15H,2-3,7,9-10H2,(H,28,31)(H,29,34)(H,32,33)(H4,25,26,27). The number of nitrogens with one attached hydrogen (secondary N) is 2. The van der Waals surface area contributed by atoms with Gasteiger partial charge >= 0.3 is 17.1 Å². The maximum Gasteiger partial charge on any atom is 0.317 e. The summed E-state index contributed by atoms with van der Waals surface area (Å²) < 4.78 is 2.18. The summed E-state index contributed by atoms with van der Waals surface area (Å²) in [5.74, 6) is -1.56. The molecule has 1 aliphatic rings. The summed E-state index contributed by atoms with van der Waals surface area (Å²) in [5, 5.41) is 12.1. The highest BCUT2D eigenvalue weighted by atomic mass is 79.9. The van der Waals surface area contributed by atoms with Crippen LogP contribution >= 0.6 is 15.9 Å². The monoisotopic (exact) mass is 542 g/mol. The topological polar surface area (TPSA) is 186 Å². The summed E-state index contributed by atoms with van der Waals surface area (Å²) >= 11 is 3.42. The smallest absolute Gasteiger partial charge is 0.317 e. The van der Waals surface area contributed by atoms with Crippen molar-refractivity contribution in [3.63, 3.8) is 0 Å². The van der Waals surface area contributed by atoms with E-state index in [2.05, 4.69) is 31.2 Å². The summed E-state index contributed by atoms with van der Waals surface area (Å²) in [4.78, 5) is 55.9. The van der Waals surface area contributed by atoms with E-state index in [1.807, 2.05) is 6.07 Å². The molecule has 1 aromatic heterocycles. The lowest BCUT2D eigenvalue weighted by Gasteiger charge is -2.27. The number of amides is 1. The van der Waals surface area contributed by atoms with Crippen LogP contribution in [0.1, 0.15) is 35.6 Å². The normalized spacial score (nSPS) is 14.5. The van der Waals surface area contributed by atoms with E-state index in [0.717, 1.165) is 10.0 Å². The van der Waals surface area contributed by atoms with Crippen molar-refractivity contribution < 1.29 is 14.7 Å². The zero-order valence-electron chi connectivity index (χ0n) is 18.5. The quantitative estimate of drug-likeness (QED) is 0.169. The van der Waals surface area contributed by atoms with Gasteiger partial charge in [-0.1, -0.05) is 28.1 Å². The zero-order chi connectivity index (χ0) is 25.3. The molecule has 35 heavy (non-hydrogen) atoms. The van der Waals surface area contributed by atoms with Crippen molar-refractivity contribution in [2.75, 3.05) is 5.32 Å². The maximum atomic E-state index is 13.0. The van der Waals surface area contributed by atoms with E-state index in [1.54, 1.807) is 24.3 Å². The molecule has 3 aromatic rings. The molecule has 11 nitrogen and oxygen atoms in total. The van der Waals surface area contributed by atoms with Gasteiger partial charge in [0.1, 0.15) is 0 Å². The first kappa shape index (κ1) is 24.2. The van der Waals surface area contributed by atoms with E-state index in [4.69, 9.17) is 11.5 Å². The number of carboxylic acids is 1. The molecule has 1 unspecified atom stereocenters. The summed E-state index contributed by atoms with van der Waals surface area (Å²) in [6, 6.07) is 8.00. The number of guanidine groups is 1. The number of halogens is 1. The van der Waals surface area contributed by atoms with E-state index >= 15 is 0 Å². The third kappa shape index (κ3) is 5.27. The average molecular weight is 543 g/mol. The predicted molar refractivity (Wildman–Crippen MR) is 134 cm³/mol. The molecule has 4 rings (SSSR count). The van der Waals surface area contributed by atoms with Crippen LogP contribution in [0.4, 0.5) is 5.69 Å². The van der Waals surface area contributed by atoms with E-state index in [0.29, 0.717) is 40.7 Å². The number of aliphatic imine (C=N–C) groups is 1. The largest absolute Gasteiger partial charge is 0.481 e. The van der Waals surface area contributed by atoms with E-state index in [-0.39, 0.29) is 25.3 Å². The van der Waals surface area contributed by atoms with Crippen molar-refractivity contribution >= 4 is 50.5 Å². The Morgan fingerprint density at radius 1 is 1.23 bits per heavy atom. The number of carbonyl (C=O) groups is 2. The Labute approximate surface area is 207 Å². The molecule has 2 heterocycles. The first-order valence-electron chi connectivity index (χ1n) is 10.8. The van der Waals surface area contributed by atoms with Crippen LogP contribution < -0.4 is 27.9 Å². The first-order chi connectivity index (χ1) is 16.6. The second kappa shape index (κ2) is 9.74. The molecule has 1 atom stereocenters. The maximum absolute atomic E-state index is 13.0. The molecule has 0 saturated heterocycles. The van der Waals surface area contributed by atoms with Crippen LogP contribution in [0.3, 0.4) is 0 Å². The van der Waals surface area contributed by atoms with Crippen molar-refractivity contribution in [1.82, 2.24) is 9.55 Å². The van der Waals surface area contributed by atoms with Crippen molar-refractivity contribution in [2.24, 2.45) is 16.5 Å². The number of hydrogen-bond acceptors (Lipinski definition) is 5. The minimum atomic E-state index is -1.06. The van der Waals surface area contributed by atoms with Crippen LogP contribution in [0.5, 0.6) is 0 Å². The molecule has 1 amide bonds. The molecule has 182 valence electrons. The first-order valence-corrected chi connectivity index (χ1v) is 11.6. The number of aliphatic carboxylic acids is 1. The van der Waals surface area contributed by atoms with Gasteiger partial charge in [-0.15, -0.1) is 0 Å². The van der Waals surface area contributed by atoms with Crippen LogP contribution in [0.2, 0.25) is 0 Å². The van der Waals surface area contributed by atoms with Gasteiger partial charge in [-0.2, -0.15) is 0 Å². The number of hydrogen-bond donors (Lipinski definition) is 5. The van der Waals surface area contributed by atoms with Crippen molar-refractivity contribution in [3.05, 3.63) is 72.2 Å². The average Bonchev–Trinajstić information content (AvgIpc) is 2.77. The van der Waals surface area contributed by atoms with Crippen molar-refractivity contribution in [1.29, 1.82) is 0 Å². The van der Waals surface area contributed by atoms with Crippen LogP contribution in [-0.4, -0.2) is 32.5 Å². The SMILES string of the molecule is NC(N)=NCc1ccc(NC(=O)CC2CCc3cc(Br)cc4[nH]c(=O)c(=O)n2c34)c(CC(=O)O)c1. The number of carbonyl (C=O) groups excluding carboxylic acids is 1. The highest BCUT2D eigenvalue weighted by Crippen LogP contribution is 2.32. The van der Waals surface area contributed by atoms with Crippen LogP contribution in [0.25, 0.3) is 11.0 Å². The Balaban J connectivity index is 1.62. The number of benzene rings is 2. The molecule has 0 fully saturated rings. The Hall–Kier alpha value is -3.93. The predicted octanol–water partition coefficient (Wildman–Crippen LogP) is 1.37. The lowest BCUT2D eigenvalue weighted by Crippen LogP contribution is -2.41. The molecular weight excluding hydrogens is 520 g/mol. The number of aryl methyl sites for hydroxylation is 1. The number of rotatable bonds is 7. The lowest BCUT2D eigenvalue weighted by atomic mass is 9.96. The Morgan fingerprint density at radius 2 is 2.00 bits per heavy atom. The fourth-order valence-corrected chi connectivity index (χ4v) is 4.89. The number of anilines is 1. The molecule has 0 spiro atoms. The van der Waals surface area contributed by atoms with Gasteiger partial charge < -0.3 is 26.9 Å². The number of aromatic amines is 1. The molecule has 1 aliphatic heterocycles. The Bertz CT molecular complexity index is 1490. The molecule has 12 heteroatoms. The second-order valence-corrected chi connectivity index (χ2v) is 9.25. The van der Waals surface area contributed by atoms with E-state index < -0.39 is 29.0 Å².